The normalized spacial score (nSPS) is 13.0. The molecule has 0 aromatic heterocycles. The van der Waals surface area contributed by atoms with Crippen molar-refractivity contribution < 1.29 is 19.6 Å². The number of ether oxygens (including phenoxy) is 2. The lowest BCUT2D eigenvalue weighted by Gasteiger charge is -2.17. The zero-order valence-corrected chi connectivity index (χ0v) is 17.2. The molecule has 1 amide bonds. The third-order valence-electron chi connectivity index (χ3n) is 4.32. The van der Waals surface area contributed by atoms with Crippen LogP contribution in [0.4, 0.5) is 0 Å². The predicted molar refractivity (Wildman–Crippen MR) is 105 cm³/mol. The number of rotatable bonds is 8. The minimum atomic E-state index is -0.191. The molecular formula is C20H26BrN2O3+. The summed E-state index contributed by atoms with van der Waals surface area (Å²) in [5, 5.41) is 5.04. The number of carbonyl (C=O) groups is 1. The van der Waals surface area contributed by atoms with Crippen LogP contribution in [0.25, 0.3) is 0 Å². The summed E-state index contributed by atoms with van der Waals surface area (Å²) in [4.78, 5) is 12.4. The quantitative estimate of drug-likeness (QED) is 0.688. The molecule has 2 aromatic rings. The molecule has 0 unspecified atom stereocenters. The zero-order chi connectivity index (χ0) is 19.1. The summed E-state index contributed by atoms with van der Waals surface area (Å²) < 4.78 is 11.3. The van der Waals surface area contributed by atoms with Crippen molar-refractivity contribution in [2.75, 3.05) is 14.2 Å². The Labute approximate surface area is 163 Å². The first kappa shape index (κ1) is 20.3. The van der Waals surface area contributed by atoms with Gasteiger partial charge in [0.1, 0.15) is 17.5 Å². The molecule has 26 heavy (non-hydrogen) atoms. The van der Waals surface area contributed by atoms with Crippen LogP contribution in [0.3, 0.4) is 0 Å². The molecular weight excluding hydrogens is 396 g/mol. The van der Waals surface area contributed by atoms with Crippen LogP contribution in [0, 0.1) is 0 Å². The van der Waals surface area contributed by atoms with E-state index in [1.165, 1.54) is 0 Å². The lowest BCUT2D eigenvalue weighted by Crippen LogP contribution is -2.92. The Morgan fingerprint density at radius 1 is 1.12 bits per heavy atom. The Morgan fingerprint density at radius 2 is 1.81 bits per heavy atom. The maximum Gasteiger partial charge on any atom is 0.278 e. The van der Waals surface area contributed by atoms with Crippen LogP contribution in [0.5, 0.6) is 11.5 Å². The van der Waals surface area contributed by atoms with Crippen molar-refractivity contribution >= 4 is 21.8 Å². The van der Waals surface area contributed by atoms with Crippen LogP contribution in [0.1, 0.15) is 31.0 Å². The Morgan fingerprint density at radius 3 is 2.38 bits per heavy atom. The molecule has 0 saturated heterocycles. The van der Waals surface area contributed by atoms with Gasteiger partial charge in [0.15, 0.2) is 6.04 Å². The summed E-state index contributed by atoms with van der Waals surface area (Å²) in [7, 11) is 3.28. The average Bonchev–Trinajstić information content (AvgIpc) is 2.66. The highest BCUT2D eigenvalue weighted by molar-refractivity contribution is 9.10. The molecule has 2 rings (SSSR count). The molecule has 0 aliphatic heterocycles. The van der Waals surface area contributed by atoms with E-state index in [1.54, 1.807) is 14.2 Å². The fourth-order valence-corrected chi connectivity index (χ4v) is 3.25. The maximum atomic E-state index is 12.4. The number of nitrogens with one attached hydrogen (secondary N) is 1. The molecule has 0 fully saturated rings. The first-order chi connectivity index (χ1) is 12.4. The number of amides is 1. The fraction of sp³-hybridized carbons (Fsp3) is 0.350. The number of halogens is 1. The highest BCUT2D eigenvalue weighted by Gasteiger charge is 2.20. The van der Waals surface area contributed by atoms with E-state index in [1.807, 2.05) is 49.4 Å². The minimum absolute atomic E-state index is 0.0141. The molecule has 0 aliphatic rings. The molecule has 3 N–H and O–H groups in total. The van der Waals surface area contributed by atoms with E-state index >= 15 is 0 Å². The zero-order valence-electron chi connectivity index (χ0n) is 15.6. The summed E-state index contributed by atoms with van der Waals surface area (Å²) in [6, 6.07) is 13.6. The van der Waals surface area contributed by atoms with Gasteiger partial charge in [-0.15, -0.1) is 0 Å². The first-order valence-corrected chi connectivity index (χ1v) is 9.33. The molecule has 0 spiro atoms. The molecule has 0 saturated carbocycles. The summed E-state index contributed by atoms with van der Waals surface area (Å²) in [6.07, 6.45) is 0. The third-order valence-corrected chi connectivity index (χ3v) is 4.94. The van der Waals surface area contributed by atoms with Gasteiger partial charge in [0.2, 0.25) is 0 Å². The number of carbonyl (C=O) groups excluding carboxylic acids is 1. The molecule has 2 aromatic carbocycles. The van der Waals surface area contributed by atoms with E-state index in [-0.39, 0.29) is 18.0 Å². The van der Waals surface area contributed by atoms with Gasteiger partial charge < -0.3 is 20.1 Å². The Bertz CT molecular complexity index is 734. The molecule has 0 heterocycles. The van der Waals surface area contributed by atoms with Gasteiger partial charge in [0, 0.05) is 12.1 Å². The van der Waals surface area contributed by atoms with Gasteiger partial charge in [-0.2, -0.15) is 0 Å². The van der Waals surface area contributed by atoms with Gasteiger partial charge in [0.05, 0.1) is 18.7 Å². The second kappa shape index (κ2) is 9.59. The highest BCUT2D eigenvalue weighted by Crippen LogP contribution is 2.27. The van der Waals surface area contributed by atoms with Crippen LogP contribution >= 0.6 is 15.9 Å². The molecule has 0 radical (unpaired) electrons. The smallest absolute Gasteiger partial charge is 0.278 e. The molecule has 5 nitrogen and oxygen atoms in total. The molecule has 2 atom stereocenters. The van der Waals surface area contributed by atoms with Gasteiger partial charge in [-0.3, -0.25) is 4.79 Å². The van der Waals surface area contributed by atoms with Gasteiger partial charge >= 0.3 is 0 Å². The van der Waals surface area contributed by atoms with Crippen molar-refractivity contribution in [1.29, 1.82) is 0 Å². The van der Waals surface area contributed by atoms with Crippen LogP contribution < -0.4 is 20.1 Å². The highest BCUT2D eigenvalue weighted by atomic mass is 79.9. The lowest BCUT2D eigenvalue weighted by molar-refractivity contribution is -0.710. The van der Waals surface area contributed by atoms with Gasteiger partial charge in [0.25, 0.3) is 5.91 Å². The molecule has 6 heteroatoms. The number of quaternary nitrogens is 1. The Kier molecular flexibility index (Phi) is 7.48. The third kappa shape index (κ3) is 5.47. The molecule has 140 valence electrons. The molecule has 0 aliphatic carbocycles. The monoisotopic (exact) mass is 421 g/mol. The standard InChI is InChI=1S/C20H25BrN2O3/c1-13(16-7-10-19(26-4)18(21)11-16)23-14(2)20(24)22-12-15-5-8-17(25-3)9-6-15/h5-11,13-14,23H,12H2,1-4H3,(H,22,24)/p+1/t13-,14-/m0/s1. The Hall–Kier alpha value is -2.05. The SMILES string of the molecule is COc1ccc(CNC(=O)[C@H](C)[NH2+][C@@H](C)c2ccc(OC)c(Br)c2)cc1. The number of hydrogen-bond acceptors (Lipinski definition) is 3. The summed E-state index contributed by atoms with van der Waals surface area (Å²) in [5.41, 5.74) is 2.17. The van der Waals surface area contributed by atoms with E-state index in [4.69, 9.17) is 9.47 Å². The van der Waals surface area contributed by atoms with Gasteiger partial charge in [-0.05, 0) is 65.7 Å². The van der Waals surface area contributed by atoms with Crippen LogP contribution in [0.2, 0.25) is 0 Å². The summed E-state index contributed by atoms with van der Waals surface area (Å²) in [6.45, 7) is 4.50. The van der Waals surface area contributed by atoms with E-state index in [2.05, 4.69) is 33.5 Å². The van der Waals surface area contributed by atoms with Crippen LogP contribution in [-0.2, 0) is 11.3 Å². The van der Waals surface area contributed by atoms with Crippen molar-refractivity contribution in [2.24, 2.45) is 0 Å². The maximum absolute atomic E-state index is 12.4. The van der Waals surface area contributed by atoms with Crippen LogP contribution in [0.15, 0.2) is 46.9 Å². The minimum Gasteiger partial charge on any atom is -0.497 e. The van der Waals surface area contributed by atoms with E-state index < -0.39 is 0 Å². The first-order valence-electron chi connectivity index (χ1n) is 8.53. The topological polar surface area (TPSA) is 64.2 Å². The summed E-state index contributed by atoms with van der Waals surface area (Å²) >= 11 is 3.50. The van der Waals surface area contributed by atoms with Crippen LogP contribution in [-0.4, -0.2) is 26.2 Å². The fourth-order valence-electron chi connectivity index (χ4n) is 2.69. The van der Waals surface area contributed by atoms with E-state index in [0.717, 1.165) is 27.1 Å². The average molecular weight is 422 g/mol. The number of hydrogen-bond donors (Lipinski definition) is 2. The van der Waals surface area contributed by atoms with E-state index in [0.29, 0.717) is 6.54 Å². The predicted octanol–water partition coefficient (Wildman–Crippen LogP) is 2.80. The lowest BCUT2D eigenvalue weighted by atomic mass is 10.1. The Balaban J connectivity index is 1.88. The number of benzene rings is 2. The van der Waals surface area contributed by atoms with Crippen molar-refractivity contribution in [3.8, 4) is 11.5 Å². The van der Waals surface area contributed by atoms with Crippen molar-refractivity contribution in [2.45, 2.75) is 32.5 Å². The largest absolute Gasteiger partial charge is 0.497 e. The van der Waals surface area contributed by atoms with Crippen molar-refractivity contribution in [3.63, 3.8) is 0 Å². The molecule has 0 bridgehead atoms. The number of methoxy groups -OCH3 is 2. The van der Waals surface area contributed by atoms with E-state index in [9.17, 15) is 4.79 Å². The van der Waals surface area contributed by atoms with Crippen molar-refractivity contribution in [1.82, 2.24) is 5.32 Å². The summed E-state index contributed by atoms with van der Waals surface area (Å²) in [5.74, 6) is 1.62. The van der Waals surface area contributed by atoms with Crippen molar-refractivity contribution in [3.05, 3.63) is 58.1 Å². The van der Waals surface area contributed by atoms with Gasteiger partial charge in [-0.1, -0.05) is 12.1 Å². The van der Waals surface area contributed by atoms with Gasteiger partial charge in [-0.25, -0.2) is 0 Å². The number of nitrogens with two attached hydrogens (primary N) is 1. The second-order valence-electron chi connectivity index (χ2n) is 6.23. The second-order valence-corrected chi connectivity index (χ2v) is 7.08.